The van der Waals surface area contributed by atoms with Crippen LogP contribution in [0, 0.1) is 19.8 Å². The van der Waals surface area contributed by atoms with Crippen molar-refractivity contribution in [2.45, 2.75) is 52.6 Å². The smallest absolute Gasteiger partial charge is 0.261 e. The summed E-state index contributed by atoms with van der Waals surface area (Å²) in [5.74, 6) is 1.52. The summed E-state index contributed by atoms with van der Waals surface area (Å²) in [4.78, 5) is 14.8. The summed E-state index contributed by atoms with van der Waals surface area (Å²) in [5, 5.41) is 3.06. The molecule has 1 aromatic carbocycles. The Balaban J connectivity index is 1.77. The fraction of sp³-hybridized carbons (Fsp3) is 0.650. The van der Waals surface area contributed by atoms with Crippen LogP contribution in [0.2, 0.25) is 0 Å². The average molecular weight is 332 g/mol. The van der Waals surface area contributed by atoms with E-state index in [4.69, 9.17) is 4.74 Å². The van der Waals surface area contributed by atoms with Crippen molar-refractivity contribution in [1.29, 1.82) is 0 Å². The monoisotopic (exact) mass is 332 g/mol. The summed E-state index contributed by atoms with van der Waals surface area (Å²) in [6.07, 6.45) is 3.81. The number of nitrogens with one attached hydrogen (secondary N) is 1. The highest BCUT2D eigenvalue weighted by molar-refractivity contribution is 5.81. The van der Waals surface area contributed by atoms with E-state index in [0.29, 0.717) is 6.42 Å². The number of carbonyl (C=O) groups is 1. The summed E-state index contributed by atoms with van der Waals surface area (Å²) in [7, 11) is 2.17. The van der Waals surface area contributed by atoms with Crippen molar-refractivity contribution < 1.29 is 9.53 Å². The van der Waals surface area contributed by atoms with E-state index in [1.807, 2.05) is 25.1 Å². The van der Waals surface area contributed by atoms with E-state index in [1.54, 1.807) is 0 Å². The van der Waals surface area contributed by atoms with Gasteiger partial charge in [-0.25, -0.2) is 0 Å². The van der Waals surface area contributed by atoms with E-state index in [1.165, 1.54) is 37.1 Å². The molecule has 24 heavy (non-hydrogen) atoms. The van der Waals surface area contributed by atoms with Gasteiger partial charge in [-0.3, -0.25) is 4.79 Å². The number of likely N-dealkylation sites (tertiary alicyclic amines) is 1. The normalized spacial score (nSPS) is 17.5. The van der Waals surface area contributed by atoms with E-state index >= 15 is 0 Å². The third-order valence-corrected chi connectivity index (χ3v) is 5.11. The number of ether oxygens (including phenoxy) is 1. The van der Waals surface area contributed by atoms with Crippen LogP contribution in [0.25, 0.3) is 0 Å². The first-order valence-electron chi connectivity index (χ1n) is 9.19. The van der Waals surface area contributed by atoms with Crippen LogP contribution in [0.3, 0.4) is 0 Å². The minimum atomic E-state index is -0.412. The Morgan fingerprint density at radius 3 is 2.62 bits per heavy atom. The molecule has 1 N–H and O–H groups in total. The molecule has 2 rings (SSSR count). The second-order valence-corrected chi connectivity index (χ2v) is 7.09. The van der Waals surface area contributed by atoms with Gasteiger partial charge in [0.15, 0.2) is 6.10 Å². The highest BCUT2D eigenvalue weighted by Gasteiger charge is 2.20. The molecule has 1 aromatic rings. The predicted octanol–water partition coefficient (Wildman–Crippen LogP) is 3.31. The van der Waals surface area contributed by atoms with Gasteiger partial charge in [0.2, 0.25) is 0 Å². The molecule has 1 atom stereocenters. The first-order chi connectivity index (χ1) is 11.5. The van der Waals surface area contributed by atoms with Gasteiger partial charge in [0.1, 0.15) is 5.75 Å². The number of piperidine rings is 1. The largest absolute Gasteiger partial charge is 0.481 e. The van der Waals surface area contributed by atoms with E-state index in [-0.39, 0.29) is 5.91 Å². The zero-order valence-corrected chi connectivity index (χ0v) is 15.6. The van der Waals surface area contributed by atoms with Crippen LogP contribution in [-0.2, 0) is 4.79 Å². The molecule has 1 heterocycles. The van der Waals surface area contributed by atoms with Crippen LogP contribution in [-0.4, -0.2) is 43.6 Å². The number of nitrogens with zero attached hydrogens (tertiary/aromatic N) is 1. The topological polar surface area (TPSA) is 41.6 Å². The first-order valence-corrected chi connectivity index (χ1v) is 9.19. The number of aryl methyl sites for hydroxylation is 2. The van der Waals surface area contributed by atoms with E-state index < -0.39 is 6.10 Å². The van der Waals surface area contributed by atoms with Gasteiger partial charge in [-0.1, -0.05) is 13.0 Å². The fourth-order valence-electron chi connectivity index (χ4n) is 3.14. The van der Waals surface area contributed by atoms with Gasteiger partial charge in [0.05, 0.1) is 0 Å². The Kier molecular flexibility index (Phi) is 7.10. The van der Waals surface area contributed by atoms with Crippen LogP contribution in [0.1, 0.15) is 43.7 Å². The summed E-state index contributed by atoms with van der Waals surface area (Å²) in [6.45, 7) is 9.22. The molecule has 1 aliphatic heterocycles. The average Bonchev–Trinajstić information content (AvgIpc) is 2.57. The van der Waals surface area contributed by atoms with E-state index in [2.05, 4.69) is 31.1 Å². The maximum Gasteiger partial charge on any atom is 0.261 e. The molecule has 1 fully saturated rings. The molecule has 0 aliphatic carbocycles. The molecule has 4 heteroatoms. The molecular weight excluding hydrogens is 300 g/mol. The lowest BCUT2D eigenvalue weighted by atomic mass is 9.94. The summed E-state index contributed by atoms with van der Waals surface area (Å²) in [5.41, 5.74) is 2.42. The number of rotatable bonds is 7. The highest BCUT2D eigenvalue weighted by Crippen LogP contribution is 2.20. The van der Waals surface area contributed by atoms with Crippen LogP contribution in [0.15, 0.2) is 18.2 Å². The molecule has 1 unspecified atom stereocenters. The quantitative estimate of drug-likeness (QED) is 0.833. The number of hydrogen-bond donors (Lipinski definition) is 1. The third-order valence-electron chi connectivity index (χ3n) is 5.11. The second kappa shape index (κ2) is 9.07. The lowest BCUT2D eigenvalue weighted by molar-refractivity contribution is -0.128. The Morgan fingerprint density at radius 1 is 1.29 bits per heavy atom. The lowest BCUT2D eigenvalue weighted by Gasteiger charge is -2.29. The molecule has 4 nitrogen and oxygen atoms in total. The van der Waals surface area contributed by atoms with Crippen molar-refractivity contribution >= 4 is 5.91 Å². The predicted molar refractivity (Wildman–Crippen MR) is 98.5 cm³/mol. The van der Waals surface area contributed by atoms with Gasteiger partial charge in [-0.2, -0.15) is 0 Å². The van der Waals surface area contributed by atoms with Gasteiger partial charge in [0.25, 0.3) is 5.91 Å². The van der Waals surface area contributed by atoms with Crippen molar-refractivity contribution in [2.24, 2.45) is 5.92 Å². The molecule has 1 saturated heterocycles. The molecule has 134 valence electrons. The minimum absolute atomic E-state index is 0.00338. The van der Waals surface area contributed by atoms with Crippen molar-refractivity contribution in [2.75, 3.05) is 26.7 Å². The highest BCUT2D eigenvalue weighted by atomic mass is 16.5. The van der Waals surface area contributed by atoms with Gasteiger partial charge in [-0.05, 0) is 88.8 Å². The second-order valence-electron chi connectivity index (χ2n) is 7.09. The fourth-order valence-corrected chi connectivity index (χ4v) is 3.14. The minimum Gasteiger partial charge on any atom is -0.481 e. The van der Waals surface area contributed by atoms with Gasteiger partial charge >= 0.3 is 0 Å². The van der Waals surface area contributed by atoms with Crippen molar-refractivity contribution in [3.8, 4) is 5.75 Å². The molecular formula is C20H32N2O2. The number of amides is 1. The van der Waals surface area contributed by atoms with Crippen LogP contribution >= 0.6 is 0 Å². The molecule has 0 saturated carbocycles. The maximum atomic E-state index is 12.4. The summed E-state index contributed by atoms with van der Waals surface area (Å²) < 4.78 is 5.90. The van der Waals surface area contributed by atoms with Gasteiger partial charge in [0, 0.05) is 6.54 Å². The maximum absolute atomic E-state index is 12.4. The summed E-state index contributed by atoms with van der Waals surface area (Å²) in [6, 6.07) is 5.98. The SMILES string of the molecule is CCC(Oc1ccc(C)c(C)c1)C(=O)NCCC1CCN(C)CC1. The van der Waals surface area contributed by atoms with Crippen LogP contribution < -0.4 is 10.1 Å². The molecule has 0 spiro atoms. The van der Waals surface area contributed by atoms with Crippen LogP contribution in [0.4, 0.5) is 0 Å². The Morgan fingerprint density at radius 2 is 2.00 bits per heavy atom. The van der Waals surface area contributed by atoms with Crippen molar-refractivity contribution in [1.82, 2.24) is 10.2 Å². The zero-order chi connectivity index (χ0) is 17.5. The van der Waals surface area contributed by atoms with Crippen LogP contribution in [0.5, 0.6) is 5.75 Å². The number of benzene rings is 1. The molecule has 1 amide bonds. The van der Waals surface area contributed by atoms with Crippen molar-refractivity contribution in [3.05, 3.63) is 29.3 Å². The third kappa shape index (κ3) is 5.52. The summed E-state index contributed by atoms with van der Waals surface area (Å²) >= 11 is 0. The Labute approximate surface area is 146 Å². The lowest BCUT2D eigenvalue weighted by Crippen LogP contribution is -2.39. The van der Waals surface area contributed by atoms with Gasteiger partial charge in [-0.15, -0.1) is 0 Å². The first kappa shape index (κ1) is 18.8. The standard InChI is InChI=1S/C20H32N2O2/c1-5-19(24-18-7-6-15(2)16(3)14-18)20(23)21-11-8-17-9-12-22(4)13-10-17/h6-7,14,17,19H,5,8-13H2,1-4H3,(H,21,23). The zero-order valence-electron chi connectivity index (χ0n) is 15.6. The molecule has 0 aromatic heterocycles. The molecule has 1 aliphatic rings. The van der Waals surface area contributed by atoms with E-state index in [9.17, 15) is 4.79 Å². The number of hydrogen-bond acceptors (Lipinski definition) is 3. The number of carbonyl (C=O) groups excluding carboxylic acids is 1. The molecule has 0 radical (unpaired) electrons. The Bertz CT molecular complexity index is 536. The molecule has 0 bridgehead atoms. The van der Waals surface area contributed by atoms with Gasteiger partial charge < -0.3 is 15.0 Å². The Hall–Kier alpha value is -1.55. The van der Waals surface area contributed by atoms with Crippen molar-refractivity contribution in [3.63, 3.8) is 0 Å². The van der Waals surface area contributed by atoms with E-state index in [0.717, 1.165) is 24.6 Å².